The van der Waals surface area contributed by atoms with E-state index < -0.39 is 0 Å². The van der Waals surface area contributed by atoms with Crippen molar-refractivity contribution in [2.45, 2.75) is 26.3 Å². The van der Waals surface area contributed by atoms with Gasteiger partial charge in [0.15, 0.2) is 17.5 Å². The van der Waals surface area contributed by atoms with Gasteiger partial charge in [-0.3, -0.25) is 0 Å². The van der Waals surface area contributed by atoms with Gasteiger partial charge in [0.05, 0.1) is 20.8 Å². The smallest absolute Gasteiger partial charge is 0.191 e. The molecule has 1 saturated heterocycles. The van der Waals surface area contributed by atoms with Crippen LogP contribution in [0.2, 0.25) is 0 Å². The summed E-state index contributed by atoms with van der Waals surface area (Å²) in [7, 11) is 5.49. The number of aliphatic imine (C=N–C) groups is 1. The first-order valence-corrected chi connectivity index (χ1v) is 9.07. The predicted molar refractivity (Wildman–Crippen MR) is 103 cm³/mol. The second-order valence-corrected chi connectivity index (χ2v) is 6.51. The average molecular weight is 348 g/mol. The van der Waals surface area contributed by atoms with Crippen molar-refractivity contribution in [3.63, 3.8) is 0 Å². The van der Waals surface area contributed by atoms with Gasteiger partial charge in [-0.05, 0) is 63.5 Å². The second-order valence-electron chi connectivity index (χ2n) is 6.51. The Morgan fingerprint density at radius 3 is 2.52 bits per heavy atom. The van der Waals surface area contributed by atoms with Gasteiger partial charge in [-0.15, -0.1) is 0 Å². The van der Waals surface area contributed by atoms with Gasteiger partial charge < -0.3 is 25.0 Å². The molecule has 1 aliphatic rings. The van der Waals surface area contributed by atoms with Gasteiger partial charge in [-0.25, -0.2) is 4.99 Å². The van der Waals surface area contributed by atoms with Gasteiger partial charge in [0, 0.05) is 13.1 Å². The number of guanidine groups is 1. The van der Waals surface area contributed by atoms with Gasteiger partial charge in [0.2, 0.25) is 0 Å². The fourth-order valence-corrected chi connectivity index (χ4v) is 3.00. The van der Waals surface area contributed by atoms with Crippen LogP contribution in [0, 0.1) is 5.92 Å². The van der Waals surface area contributed by atoms with E-state index in [9.17, 15) is 0 Å². The molecule has 2 rings (SSSR count). The van der Waals surface area contributed by atoms with E-state index in [1.54, 1.807) is 14.2 Å². The molecule has 1 aromatic carbocycles. The predicted octanol–water partition coefficient (Wildman–Crippen LogP) is 2.10. The van der Waals surface area contributed by atoms with Crippen LogP contribution in [-0.4, -0.2) is 58.3 Å². The third-order valence-corrected chi connectivity index (χ3v) is 4.61. The molecule has 2 N–H and O–H groups in total. The van der Waals surface area contributed by atoms with Crippen molar-refractivity contribution in [3.05, 3.63) is 23.8 Å². The van der Waals surface area contributed by atoms with Crippen molar-refractivity contribution in [2.75, 3.05) is 47.4 Å². The summed E-state index contributed by atoms with van der Waals surface area (Å²) >= 11 is 0. The number of benzene rings is 1. The molecule has 0 amide bonds. The Bertz CT molecular complexity index is 554. The molecule has 0 spiro atoms. The molecule has 0 saturated carbocycles. The monoisotopic (exact) mass is 348 g/mol. The Morgan fingerprint density at radius 2 is 1.88 bits per heavy atom. The SMILES string of the molecule is CCNC(=NCc1ccc(OC)c(OC)c1)NCC1CCN(C)CC1. The number of hydrogen-bond acceptors (Lipinski definition) is 4. The highest BCUT2D eigenvalue weighted by atomic mass is 16.5. The molecule has 6 heteroatoms. The highest BCUT2D eigenvalue weighted by Gasteiger charge is 2.16. The van der Waals surface area contributed by atoms with E-state index in [2.05, 4.69) is 29.5 Å². The zero-order chi connectivity index (χ0) is 18.1. The summed E-state index contributed by atoms with van der Waals surface area (Å²) < 4.78 is 10.6. The van der Waals surface area contributed by atoms with E-state index in [1.165, 1.54) is 25.9 Å². The lowest BCUT2D eigenvalue weighted by atomic mass is 9.97. The van der Waals surface area contributed by atoms with Crippen LogP contribution in [0.15, 0.2) is 23.2 Å². The summed E-state index contributed by atoms with van der Waals surface area (Å²) in [6.07, 6.45) is 2.50. The standard InChI is InChI=1S/C19H32N4O2/c1-5-20-19(21-13-15-8-10-23(2)11-9-15)22-14-16-6-7-17(24-3)18(12-16)25-4/h6-7,12,15H,5,8-11,13-14H2,1-4H3,(H2,20,21,22). The molecule has 25 heavy (non-hydrogen) atoms. The molecule has 6 nitrogen and oxygen atoms in total. The lowest BCUT2D eigenvalue weighted by Gasteiger charge is -2.29. The number of hydrogen-bond donors (Lipinski definition) is 2. The van der Waals surface area contributed by atoms with Gasteiger partial charge in [0.25, 0.3) is 0 Å². The minimum atomic E-state index is 0.600. The number of methoxy groups -OCH3 is 2. The highest BCUT2D eigenvalue weighted by Crippen LogP contribution is 2.27. The van der Waals surface area contributed by atoms with E-state index in [1.807, 2.05) is 18.2 Å². The Kier molecular flexibility index (Phi) is 7.85. The van der Waals surface area contributed by atoms with Crippen molar-refractivity contribution < 1.29 is 9.47 Å². The molecule has 140 valence electrons. The fourth-order valence-electron chi connectivity index (χ4n) is 3.00. The minimum absolute atomic E-state index is 0.600. The fraction of sp³-hybridized carbons (Fsp3) is 0.632. The Balaban J connectivity index is 1.92. The van der Waals surface area contributed by atoms with Crippen LogP contribution in [0.4, 0.5) is 0 Å². The molecule has 0 atom stereocenters. The molecule has 0 unspecified atom stereocenters. The zero-order valence-corrected chi connectivity index (χ0v) is 16.0. The average Bonchev–Trinajstić information content (AvgIpc) is 2.65. The van der Waals surface area contributed by atoms with Crippen LogP contribution in [0.1, 0.15) is 25.3 Å². The van der Waals surface area contributed by atoms with Crippen molar-refractivity contribution >= 4 is 5.96 Å². The number of rotatable bonds is 7. The van der Waals surface area contributed by atoms with Gasteiger partial charge in [0.1, 0.15) is 0 Å². The van der Waals surface area contributed by atoms with Crippen LogP contribution in [0.25, 0.3) is 0 Å². The summed E-state index contributed by atoms with van der Waals surface area (Å²) in [6, 6.07) is 5.91. The topological polar surface area (TPSA) is 58.1 Å². The molecule has 0 aliphatic carbocycles. The molecular weight excluding hydrogens is 316 g/mol. The van der Waals surface area contributed by atoms with Crippen molar-refractivity contribution in [1.29, 1.82) is 0 Å². The van der Waals surface area contributed by atoms with Gasteiger partial charge >= 0.3 is 0 Å². The molecule has 0 radical (unpaired) electrons. The number of piperidine rings is 1. The summed E-state index contributed by atoms with van der Waals surface area (Å²) in [5.74, 6) is 3.07. The lowest BCUT2D eigenvalue weighted by molar-refractivity contribution is 0.220. The van der Waals surface area contributed by atoms with Crippen molar-refractivity contribution in [3.8, 4) is 11.5 Å². The van der Waals surface area contributed by atoms with Crippen LogP contribution in [0.3, 0.4) is 0 Å². The van der Waals surface area contributed by atoms with E-state index in [0.717, 1.165) is 42.0 Å². The number of likely N-dealkylation sites (tertiary alicyclic amines) is 1. The normalized spacial score (nSPS) is 16.6. The Labute approximate surface area is 151 Å². The van der Waals surface area contributed by atoms with E-state index in [-0.39, 0.29) is 0 Å². The highest BCUT2D eigenvalue weighted by molar-refractivity contribution is 5.79. The van der Waals surface area contributed by atoms with Crippen LogP contribution < -0.4 is 20.1 Å². The van der Waals surface area contributed by atoms with E-state index in [0.29, 0.717) is 6.54 Å². The number of ether oxygens (including phenoxy) is 2. The molecule has 1 aromatic rings. The van der Waals surface area contributed by atoms with Crippen LogP contribution >= 0.6 is 0 Å². The van der Waals surface area contributed by atoms with Gasteiger partial charge in [-0.1, -0.05) is 6.07 Å². The van der Waals surface area contributed by atoms with Crippen molar-refractivity contribution in [1.82, 2.24) is 15.5 Å². The van der Waals surface area contributed by atoms with Crippen LogP contribution in [-0.2, 0) is 6.54 Å². The summed E-state index contributed by atoms with van der Waals surface area (Å²) in [6.45, 7) is 6.89. The molecule has 1 fully saturated rings. The van der Waals surface area contributed by atoms with E-state index in [4.69, 9.17) is 14.5 Å². The lowest BCUT2D eigenvalue weighted by Crippen LogP contribution is -2.42. The molecule has 0 aromatic heterocycles. The summed E-state index contributed by atoms with van der Waals surface area (Å²) in [5.41, 5.74) is 1.09. The quantitative estimate of drug-likeness (QED) is 0.584. The first-order chi connectivity index (χ1) is 12.2. The third kappa shape index (κ3) is 6.12. The second kappa shape index (κ2) is 10.1. The first-order valence-electron chi connectivity index (χ1n) is 9.07. The molecule has 1 heterocycles. The van der Waals surface area contributed by atoms with E-state index >= 15 is 0 Å². The Morgan fingerprint density at radius 1 is 1.16 bits per heavy atom. The third-order valence-electron chi connectivity index (χ3n) is 4.61. The maximum atomic E-state index is 5.36. The minimum Gasteiger partial charge on any atom is -0.493 e. The molecule has 0 bridgehead atoms. The first kappa shape index (κ1) is 19.4. The zero-order valence-electron chi connectivity index (χ0n) is 16.0. The Hall–Kier alpha value is -1.95. The maximum absolute atomic E-state index is 5.36. The largest absolute Gasteiger partial charge is 0.493 e. The summed E-state index contributed by atoms with van der Waals surface area (Å²) in [5, 5.41) is 6.82. The molecular formula is C19H32N4O2. The number of nitrogens with one attached hydrogen (secondary N) is 2. The maximum Gasteiger partial charge on any atom is 0.191 e. The van der Waals surface area contributed by atoms with Gasteiger partial charge in [-0.2, -0.15) is 0 Å². The number of nitrogens with zero attached hydrogens (tertiary/aromatic N) is 2. The van der Waals surface area contributed by atoms with Crippen LogP contribution in [0.5, 0.6) is 11.5 Å². The van der Waals surface area contributed by atoms with Crippen molar-refractivity contribution in [2.24, 2.45) is 10.9 Å². The molecule has 1 aliphatic heterocycles. The summed E-state index contributed by atoms with van der Waals surface area (Å²) in [4.78, 5) is 7.10.